The van der Waals surface area contributed by atoms with E-state index in [1.165, 1.54) is 23.2 Å². The van der Waals surface area contributed by atoms with Crippen molar-refractivity contribution in [2.45, 2.75) is 32.1 Å². The van der Waals surface area contributed by atoms with Crippen molar-refractivity contribution in [1.29, 1.82) is 0 Å². The van der Waals surface area contributed by atoms with Gasteiger partial charge in [0.2, 0.25) is 0 Å². The molecule has 0 radical (unpaired) electrons. The molecule has 0 heterocycles. The Labute approximate surface area is 88.7 Å². The van der Waals surface area contributed by atoms with Crippen LogP contribution < -0.4 is 0 Å². The zero-order valence-electron chi connectivity index (χ0n) is 9.51. The summed E-state index contributed by atoms with van der Waals surface area (Å²) in [5, 5.41) is 0. The molecule has 0 N–H and O–H groups in total. The lowest BCUT2D eigenvalue weighted by Gasteiger charge is -2.20. The highest BCUT2D eigenvalue weighted by Gasteiger charge is 2.17. The van der Waals surface area contributed by atoms with Gasteiger partial charge in [0.1, 0.15) is 0 Å². The minimum Gasteiger partial charge on any atom is -0.0985 e. The van der Waals surface area contributed by atoms with Crippen LogP contribution in [-0.2, 0) is 6.04 Å². The first-order valence-corrected chi connectivity index (χ1v) is 8.70. The highest BCUT2D eigenvalue weighted by molar-refractivity contribution is 6.76. The predicted molar refractivity (Wildman–Crippen MR) is 68.2 cm³/mol. The lowest BCUT2D eigenvalue weighted by atomic mass is 10.1. The second kappa shape index (κ2) is 4.60. The molecule has 0 aromatic heterocycles. The first-order valence-electron chi connectivity index (χ1n) is 5.29. The molecule has 1 rings (SSSR count). The van der Waals surface area contributed by atoms with Crippen LogP contribution in [0.1, 0.15) is 18.1 Å². The SMILES string of the molecule is C=Cc1ccc(C[Si](C)(C)CC)cc1. The van der Waals surface area contributed by atoms with E-state index in [1.807, 2.05) is 6.08 Å². The second-order valence-corrected chi connectivity index (χ2v) is 10.0. The van der Waals surface area contributed by atoms with E-state index in [2.05, 4.69) is 50.9 Å². The number of benzene rings is 1. The monoisotopic (exact) mass is 204 g/mol. The second-order valence-electron chi connectivity index (χ2n) is 4.64. The third-order valence-electron chi connectivity index (χ3n) is 2.86. The molecule has 0 amide bonds. The van der Waals surface area contributed by atoms with Crippen molar-refractivity contribution in [3.05, 3.63) is 42.0 Å². The van der Waals surface area contributed by atoms with Gasteiger partial charge in [0.25, 0.3) is 0 Å². The van der Waals surface area contributed by atoms with Crippen LogP contribution in [0.2, 0.25) is 19.1 Å². The van der Waals surface area contributed by atoms with Gasteiger partial charge in [0, 0.05) is 0 Å². The van der Waals surface area contributed by atoms with Gasteiger partial charge >= 0.3 is 0 Å². The van der Waals surface area contributed by atoms with Gasteiger partial charge in [-0.05, 0) is 11.6 Å². The summed E-state index contributed by atoms with van der Waals surface area (Å²) in [5.41, 5.74) is 2.69. The van der Waals surface area contributed by atoms with Crippen LogP contribution in [0.4, 0.5) is 0 Å². The van der Waals surface area contributed by atoms with Crippen molar-refractivity contribution in [1.82, 2.24) is 0 Å². The van der Waals surface area contributed by atoms with Crippen molar-refractivity contribution in [2.24, 2.45) is 0 Å². The van der Waals surface area contributed by atoms with Crippen LogP contribution in [0.15, 0.2) is 30.8 Å². The quantitative estimate of drug-likeness (QED) is 0.647. The molecule has 14 heavy (non-hydrogen) atoms. The highest BCUT2D eigenvalue weighted by atomic mass is 28.3. The minimum atomic E-state index is -0.972. The Bertz CT molecular complexity index is 296. The fourth-order valence-electron chi connectivity index (χ4n) is 1.45. The van der Waals surface area contributed by atoms with Crippen molar-refractivity contribution >= 4 is 14.1 Å². The van der Waals surface area contributed by atoms with Gasteiger partial charge in [0.15, 0.2) is 0 Å². The summed E-state index contributed by atoms with van der Waals surface area (Å²) in [6, 6.07) is 11.4. The molecule has 0 atom stereocenters. The molecule has 76 valence electrons. The lowest BCUT2D eigenvalue weighted by molar-refractivity contribution is 1.23. The summed E-state index contributed by atoms with van der Waals surface area (Å²) >= 11 is 0. The molecular weight excluding hydrogens is 184 g/mol. The van der Waals surface area contributed by atoms with E-state index in [0.29, 0.717) is 0 Å². The zero-order valence-corrected chi connectivity index (χ0v) is 10.5. The first-order chi connectivity index (χ1) is 6.57. The van der Waals surface area contributed by atoms with Crippen LogP contribution in [0.5, 0.6) is 0 Å². The predicted octanol–water partition coefficient (Wildman–Crippen LogP) is 4.14. The molecule has 0 aliphatic carbocycles. The number of rotatable bonds is 4. The zero-order chi connectivity index (χ0) is 10.6. The smallest absolute Gasteiger partial charge is 0.0515 e. The minimum absolute atomic E-state index is 0.972. The molecule has 1 aromatic carbocycles. The molecule has 0 aliphatic rings. The Balaban J connectivity index is 2.73. The molecule has 0 fully saturated rings. The van der Waals surface area contributed by atoms with Gasteiger partial charge < -0.3 is 0 Å². The van der Waals surface area contributed by atoms with Crippen LogP contribution in [0.25, 0.3) is 6.08 Å². The Morgan fingerprint density at radius 3 is 2.21 bits per heavy atom. The lowest BCUT2D eigenvalue weighted by Crippen LogP contribution is -2.27. The topological polar surface area (TPSA) is 0 Å². The fourth-order valence-corrected chi connectivity index (χ4v) is 3.04. The van der Waals surface area contributed by atoms with E-state index in [0.717, 1.165) is 0 Å². The third-order valence-corrected chi connectivity index (χ3v) is 6.13. The maximum Gasteiger partial charge on any atom is 0.0515 e. The van der Waals surface area contributed by atoms with E-state index >= 15 is 0 Å². The normalized spacial score (nSPS) is 11.4. The molecule has 0 unspecified atom stereocenters. The standard InChI is InChI=1S/C13H20Si/c1-5-12-7-9-13(10-8-12)11-14(3,4)6-2/h5,7-10H,1,6,11H2,2-4H3. The van der Waals surface area contributed by atoms with Crippen LogP contribution in [0.3, 0.4) is 0 Å². The van der Waals surface area contributed by atoms with E-state index in [4.69, 9.17) is 0 Å². The van der Waals surface area contributed by atoms with Gasteiger partial charge in [-0.1, -0.05) is 68.5 Å². The van der Waals surface area contributed by atoms with Crippen LogP contribution in [-0.4, -0.2) is 8.07 Å². The van der Waals surface area contributed by atoms with Gasteiger partial charge in [0.05, 0.1) is 8.07 Å². The van der Waals surface area contributed by atoms with Gasteiger partial charge in [-0.2, -0.15) is 0 Å². The van der Waals surface area contributed by atoms with Gasteiger partial charge in [-0.3, -0.25) is 0 Å². The average molecular weight is 204 g/mol. The molecular formula is C13H20Si. The van der Waals surface area contributed by atoms with E-state index in [9.17, 15) is 0 Å². The maximum absolute atomic E-state index is 3.76. The Hall–Kier alpha value is -0.823. The van der Waals surface area contributed by atoms with E-state index < -0.39 is 8.07 Å². The molecule has 0 spiro atoms. The number of hydrogen-bond acceptors (Lipinski definition) is 0. The molecule has 1 heteroatoms. The Morgan fingerprint density at radius 2 is 1.79 bits per heavy atom. The van der Waals surface area contributed by atoms with E-state index in [-0.39, 0.29) is 0 Å². The third kappa shape index (κ3) is 3.15. The summed E-state index contributed by atoms with van der Waals surface area (Å²) in [5.74, 6) is 0. The molecule has 0 saturated carbocycles. The largest absolute Gasteiger partial charge is 0.0985 e. The van der Waals surface area contributed by atoms with Crippen LogP contribution in [0, 0.1) is 0 Å². The molecule has 1 aromatic rings. The van der Waals surface area contributed by atoms with Crippen LogP contribution >= 0.6 is 0 Å². The van der Waals surface area contributed by atoms with Crippen molar-refractivity contribution in [3.63, 3.8) is 0 Å². The van der Waals surface area contributed by atoms with Crippen molar-refractivity contribution in [2.75, 3.05) is 0 Å². The summed E-state index contributed by atoms with van der Waals surface area (Å²) in [6.45, 7) is 11.0. The maximum atomic E-state index is 3.76. The molecule has 0 bridgehead atoms. The van der Waals surface area contributed by atoms with Gasteiger partial charge in [-0.25, -0.2) is 0 Å². The number of hydrogen-bond donors (Lipinski definition) is 0. The highest BCUT2D eigenvalue weighted by Crippen LogP contribution is 2.16. The molecule has 0 saturated heterocycles. The van der Waals surface area contributed by atoms with Gasteiger partial charge in [-0.15, -0.1) is 0 Å². The van der Waals surface area contributed by atoms with Crippen molar-refractivity contribution in [3.8, 4) is 0 Å². The van der Waals surface area contributed by atoms with Crippen molar-refractivity contribution < 1.29 is 0 Å². The molecule has 0 nitrogen and oxygen atoms in total. The summed E-state index contributed by atoms with van der Waals surface area (Å²) in [4.78, 5) is 0. The molecule has 0 aliphatic heterocycles. The summed E-state index contributed by atoms with van der Waals surface area (Å²) in [7, 11) is -0.972. The average Bonchev–Trinajstić information content (AvgIpc) is 2.19. The summed E-state index contributed by atoms with van der Waals surface area (Å²) in [6.07, 6.45) is 1.90. The fraction of sp³-hybridized carbons (Fsp3) is 0.385. The van der Waals surface area contributed by atoms with E-state index in [1.54, 1.807) is 0 Å². The Morgan fingerprint density at radius 1 is 1.21 bits per heavy atom. The Kier molecular flexibility index (Phi) is 3.70. The first kappa shape index (κ1) is 11.3. The summed E-state index contributed by atoms with van der Waals surface area (Å²) < 4.78 is 0.